The molecule has 0 radical (unpaired) electrons. The number of aromatic nitrogens is 2. The SMILES string of the molecule is [2H]c1c([2H])c([2H])c(-c2cccc3c2-c2cc(-n4c5ccccc5c5cc(-c6ccc7c(c6)c6c(F)cccc6n7-c6ccccc6)ccc54)ccc2C3(C)C)c([2H])c1[2H]. The van der Waals surface area contributed by atoms with Crippen molar-refractivity contribution in [1.29, 1.82) is 0 Å². The molecule has 54 heavy (non-hydrogen) atoms. The van der Waals surface area contributed by atoms with Crippen molar-refractivity contribution in [3.05, 3.63) is 193 Å². The molecule has 2 nitrogen and oxygen atoms in total. The first-order chi connectivity index (χ1) is 28.5. The van der Waals surface area contributed by atoms with Crippen LogP contribution in [0.25, 0.3) is 88.4 Å². The molecule has 0 amide bonds. The van der Waals surface area contributed by atoms with E-state index in [-0.39, 0.29) is 41.0 Å². The van der Waals surface area contributed by atoms with E-state index in [2.05, 4.69) is 102 Å². The molecule has 1 aliphatic rings. The summed E-state index contributed by atoms with van der Waals surface area (Å²) in [5.41, 5.74) is 12.2. The highest BCUT2D eigenvalue weighted by Gasteiger charge is 2.37. The molecule has 0 saturated heterocycles. The number of benzene rings is 8. The first kappa shape index (κ1) is 26.1. The molecule has 8 aromatic carbocycles. The average Bonchev–Trinajstić information content (AvgIpc) is 3.85. The predicted octanol–water partition coefficient (Wildman–Crippen LogP) is 13.7. The molecule has 11 rings (SSSR count). The van der Waals surface area contributed by atoms with Gasteiger partial charge in [-0.05, 0) is 111 Å². The lowest BCUT2D eigenvalue weighted by atomic mass is 9.82. The Hall–Kier alpha value is -6.71. The second-order valence-electron chi connectivity index (χ2n) is 14.7. The molecule has 0 unspecified atom stereocenters. The standard InChI is InChI=1S/C51H35FN2/c1-51(2)42-26-25-36(31-40(42)49-37(18-11-19-43(49)51)32-13-5-3-6-14-32)54-45-21-10-9-17-38(45)39-29-33(23-27-46(39)54)34-24-28-47-41(30-34)50-44(52)20-12-22-48(50)53(47)35-15-7-4-8-16-35/h3-31H,1-2H3/i3D,5D,6D,13D,14D. The number of halogens is 1. The third-order valence-electron chi connectivity index (χ3n) is 11.5. The number of nitrogens with zero attached hydrogens (tertiary/aromatic N) is 2. The van der Waals surface area contributed by atoms with Crippen LogP contribution in [0.4, 0.5) is 4.39 Å². The van der Waals surface area contributed by atoms with Crippen molar-refractivity contribution in [3.8, 4) is 44.8 Å². The lowest BCUT2D eigenvalue weighted by molar-refractivity contribution is 0.640. The molecule has 0 spiro atoms. The summed E-state index contributed by atoms with van der Waals surface area (Å²) in [6.07, 6.45) is 0. The topological polar surface area (TPSA) is 9.86 Å². The molecule has 0 atom stereocenters. The summed E-state index contributed by atoms with van der Waals surface area (Å²) >= 11 is 0. The lowest BCUT2D eigenvalue weighted by Gasteiger charge is -2.22. The largest absolute Gasteiger partial charge is 0.309 e. The van der Waals surface area contributed by atoms with Gasteiger partial charge in [-0.1, -0.05) is 123 Å². The maximum atomic E-state index is 15.7. The molecule has 1 aliphatic carbocycles. The number of hydrogen-bond acceptors (Lipinski definition) is 0. The third kappa shape index (κ3) is 4.33. The minimum absolute atomic E-state index is 0.205. The molecule has 2 heterocycles. The normalized spacial score (nSPS) is 14.5. The molecule has 0 saturated carbocycles. The van der Waals surface area contributed by atoms with Crippen LogP contribution in [-0.2, 0) is 5.41 Å². The maximum Gasteiger partial charge on any atom is 0.133 e. The average molecular weight is 700 g/mol. The Morgan fingerprint density at radius 3 is 1.96 bits per heavy atom. The zero-order valence-electron chi connectivity index (χ0n) is 34.6. The van der Waals surface area contributed by atoms with Crippen molar-refractivity contribution in [2.24, 2.45) is 0 Å². The van der Waals surface area contributed by atoms with E-state index < -0.39 is 6.04 Å². The van der Waals surface area contributed by atoms with Crippen molar-refractivity contribution in [1.82, 2.24) is 9.13 Å². The fourth-order valence-corrected chi connectivity index (χ4v) is 9.02. The summed E-state index contributed by atoms with van der Waals surface area (Å²) < 4.78 is 62.9. The smallest absolute Gasteiger partial charge is 0.133 e. The number of hydrogen-bond donors (Lipinski definition) is 0. The fraction of sp³-hybridized carbons (Fsp3) is 0.0588. The monoisotopic (exact) mass is 699 g/mol. The van der Waals surface area contributed by atoms with Gasteiger partial charge in [0, 0.05) is 38.3 Å². The van der Waals surface area contributed by atoms with Crippen LogP contribution in [0.3, 0.4) is 0 Å². The van der Waals surface area contributed by atoms with Gasteiger partial charge in [-0.25, -0.2) is 4.39 Å². The van der Waals surface area contributed by atoms with E-state index >= 15 is 4.39 Å². The maximum absolute atomic E-state index is 15.7. The second kappa shape index (κ2) is 11.4. The summed E-state index contributed by atoms with van der Waals surface area (Å²) in [6.45, 7) is 4.35. The highest BCUT2D eigenvalue weighted by Crippen LogP contribution is 2.53. The molecule has 256 valence electrons. The van der Waals surface area contributed by atoms with Crippen molar-refractivity contribution < 1.29 is 11.2 Å². The van der Waals surface area contributed by atoms with Gasteiger partial charge in [0.05, 0.1) is 28.9 Å². The Balaban J connectivity index is 1.10. The summed E-state index contributed by atoms with van der Waals surface area (Å²) in [5, 5.41) is 3.63. The van der Waals surface area contributed by atoms with Crippen LogP contribution in [0.2, 0.25) is 0 Å². The van der Waals surface area contributed by atoms with E-state index in [1.807, 2.05) is 54.6 Å². The van der Waals surface area contributed by atoms with Crippen molar-refractivity contribution >= 4 is 43.6 Å². The molecule has 0 aliphatic heterocycles. The van der Waals surface area contributed by atoms with Gasteiger partial charge in [0.1, 0.15) is 5.82 Å². The van der Waals surface area contributed by atoms with E-state index in [4.69, 9.17) is 6.85 Å². The van der Waals surface area contributed by atoms with Crippen LogP contribution < -0.4 is 0 Å². The van der Waals surface area contributed by atoms with Gasteiger partial charge in [-0.2, -0.15) is 0 Å². The number of fused-ring (bicyclic) bond motifs is 9. The minimum Gasteiger partial charge on any atom is -0.309 e. The van der Waals surface area contributed by atoms with Gasteiger partial charge in [-0.15, -0.1) is 0 Å². The Kier molecular flexibility index (Phi) is 5.51. The lowest BCUT2D eigenvalue weighted by Crippen LogP contribution is -2.15. The first-order valence-corrected chi connectivity index (χ1v) is 18.2. The first-order valence-electron chi connectivity index (χ1n) is 20.7. The van der Waals surface area contributed by atoms with Gasteiger partial charge < -0.3 is 9.13 Å². The van der Waals surface area contributed by atoms with Crippen LogP contribution >= 0.6 is 0 Å². The second-order valence-corrected chi connectivity index (χ2v) is 14.7. The summed E-state index contributed by atoms with van der Waals surface area (Å²) in [5.74, 6) is -0.251. The van der Waals surface area contributed by atoms with E-state index in [1.165, 1.54) is 6.07 Å². The minimum atomic E-state index is -0.404. The van der Waals surface area contributed by atoms with E-state index in [1.54, 1.807) is 6.07 Å². The zero-order valence-corrected chi connectivity index (χ0v) is 29.6. The summed E-state index contributed by atoms with van der Waals surface area (Å²) in [4.78, 5) is 0. The summed E-state index contributed by atoms with van der Waals surface area (Å²) in [6, 6.07) is 47.4. The van der Waals surface area contributed by atoms with Gasteiger partial charge in [0.2, 0.25) is 0 Å². The van der Waals surface area contributed by atoms with Crippen molar-refractivity contribution in [3.63, 3.8) is 0 Å². The Labute approximate surface area is 320 Å². The molecule has 3 heteroatoms. The molecular weight excluding hydrogens is 660 g/mol. The van der Waals surface area contributed by atoms with Gasteiger partial charge >= 0.3 is 0 Å². The summed E-state index contributed by atoms with van der Waals surface area (Å²) in [7, 11) is 0. The van der Waals surface area contributed by atoms with Crippen molar-refractivity contribution in [2.75, 3.05) is 0 Å². The van der Waals surface area contributed by atoms with Crippen LogP contribution in [0.5, 0.6) is 0 Å². The predicted molar refractivity (Wildman–Crippen MR) is 224 cm³/mol. The highest BCUT2D eigenvalue weighted by molar-refractivity contribution is 6.13. The quantitative estimate of drug-likeness (QED) is 0.173. The Morgan fingerprint density at radius 2 is 1.15 bits per heavy atom. The van der Waals surface area contributed by atoms with Crippen LogP contribution in [0, 0.1) is 5.82 Å². The van der Waals surface area contributed by atoms with Crippen LogP contribution in [0.15, 0.2) is 176 Å². The molecular formula is C51H35FN2. The Bertz CT molecular complexity index is 3410. The van der Waals surface area contributed by atoms with Crippen molar-refractivity contribution in [2.45, 2.75) is 19.3 Å². The highest BCUT2D eigenvalue weighted by atomic mass is 19.1. The van der Waals surface area contributed by atoms with E-state index in [9.17, 15) is 0 Å². The van der Waals surface area contributed by atoms with E-state index in [0.29, 0.717) is 10.9 Å². The van der Waals surface area contributed by atoms with Gasteiger partial charge in [0.15, 0.2) is 0 Å². The number of rotatable bonds is 4. The molecule has 2 aromatic heterocycles. The van der Waals surface area contributed by atoms with Crippen LogP contribution in [-0.4, -0.2) is 9.13 Å². The molecule has 0 fully saturated rings. The van der Waals surface area contributed by atoms with E-state index in [0.717, 1.165) is 83.0 Å². The molecule has 0 N–H and O–H groups in total. The molecule has 0 bridgehead atoms. The van der Waals surface area contributed by atoms with Gasteiger partial charge in [-0.3, -0.25) is 0 Å². The Morgan fingerprint density at radius 1 is 0.481 bits per heavy atom. The zero-order chi connectivity index (χ0) is 40.5. The molecule has 10 aromatic rings. The fourth-order valence-electron chi connectivity index (χ4n) is 9.02. The van der Waals surface area contributed by atoms with Crippen LogP contribution in [0.1, 0.15) is 31.8 Å². The van der Waals surface area contributed by atoms with Gasteiger partial charge in [0.25, 0.3) is 0 Å². The number of para-hydroxylation sites is 2. The third-order valence-corrected chi connectivity index (χ3v) is 11.5.